The van der Waals surface area contributed by atoms with Crippen LogP contribution < -0.4 is 0 Å². The van der Waals surface area contributed by atoms with E-state index in [-0.39, 0.29) is 28.9 Å². The van der Waals surface area contributed by atoms with Crippen LogP contribution in [0, 0.1) is 22.0 Å². The monoisotopic (exact) mass is 348 g/mol. The molecule has 25 heavy (non-hydrogen) atoms. The lowest BCUT2D eigenvalue weighted by Crippen LogP contribution is -2.46. The van der Waals surface area contributed by atoms with Crippen molar-refractivity contribution in [1.82, 2.24) is 4.90 Å². The molecular weight excluding hydrogens is 324 g/mol. The van der Waals surface area contributed by atoms with Gasteiger partial charge >= 0.3 is 6.09 Å². The number of hydrogen-bond donors (Lipinski definition) is 0. The molecule has 1 aromatic rings. The van der Waals surface area contributed by atoms with E-state index in [1.165, 1.54) is 12.1 Å². The molecule has 2 rings (SSSR count). The normalized spacial score (nSPS) is 20.9. The SMILES string of the molecule is CC1CN(C(=O)OC(C)(C)C)CCC1C(=O)c1ccccc1[N+](=O)[O-]. The zero-order chi connectivity index (χ0) is 18.8. The van der Waals surface area contributed by atoms with Gasteiger partial charge in [-0.15, -0.1) is 0 Å². The first kappa shape index (κ1) is 18.9. The molecule has 7 heteroatoms. The molecule has 7 nitrogen and oxygen atoms in total. The van der Waals surface area contributed by atoms with Crippen molar-refractivity contribution in [2.45, 2.75) is 39.7 Å². The minimum absolute atomic E-state index is 0.103. The van der Waals surface area contributed by atoms with Crippen LogP contribution in [0.15, 0.2) is 24.3 Å². The van der Waals surface area contributed by atoms with Crippen LogP contribution in [0.2, 0.25) is 0 Å². The molecule has 1 aromatic carbocycles. The summed E-state index contributed by atoms with van der Waals surface area (Å²) in [5.41, 5.74) is -0.609. The van der Waals surface area contributed by atoms with Gasteiger partial charge in [0.25, 0.3) is 5.69 Å². The number of nitrogens with zero attached hydrogens (tertiary/aromatic N) is 2. The number of benzene rings is 1. The van der Waals surface area contributed by atoms with Crippen LogP contribution in [0.5, 0.6) is 0 Å². The number of ketones is 1. The minimum atomic E-state index is -0.572. The van der Waals surface area contributed by atoms with Gasteiger partial charge in [0.1, 0.15) is 5.60 Å². The van der Waals surface area contributed by atoms with Crippen LogP contribution in [-0.2, 0) is 4.74 Å². The summed E-state index contributed by atoms with van der Waals surface area (Å²) >= 11 is 0. The standard InChI is InChI=1S/C18H24N2O5/c1-12-11-19(17(22)25-18(2,3)4)10-9-13(12)16(21)14-7-5-6-8-15(14)20(23)24/h5-8,12-13H,9-11H2,1-4H3. The predicted molar refractivity (Wildman–Crippen MR) is 92.5 cm³/mol. The highest BCUT2D eigenvalue weighted by molar-refractivity contribution is 6.01. The van der Waals surface area contributed by atoms with E-state index in [1.807, 2.05) is 6.92 Å². The summed E-state index contributed by atoms with van der Waals surface area (Å²) in [7, 11) is 0. The van der Waals surface area contributed by atoms with Crippen LogP contribution in [0.3, 0.4) is 0 Å². The highest BCUT2D eigenvalue weighted by Gasteiger charge is 2.36. The van der Waals surface area contributed by atoms with E-state index in [0.717, 1.165) is 0 Å². The number of likely N-dealkylation sites (tertiary alicyclic amines) is 1. The maximum atomic E-state index is 12.8. The van der Waals surface area contributed by atoms with Gasteiger partial charge in [0.2, 0.25) is 0 Å². The van der Waals surface area contributed by atoms with E-state index in [1.54, 1.807) is 37.8 Å². The Labute approximate surface area is 147 Å². The first-order valence-corrected chi connectivity index (χ1v) is 8.35. The van der Waals surface area contributed by atoms with Crippen molar-refractivity contribution >= 4 is 17.6 Å². The van der Waals surface area contributed by atoms with E-state index >= 15 is 0 Å². The first-order chi connectivity index (χ1) is 11.6. The third-order valence-corrected chi connectivity index (χ3v) is 4.26. The van der Waals surface area contributed by atoms with Crippen molar-refractivity contribution < 1.29 is 19.2 Å². The Bertz CT molecular complexity index is 680. The van der Waals surface area contributed by atoms with Crippen LogP contribution in [-0.4, -0.2) is 40.4 Å². The maximum absolute atomic E-state index is 12.8. The summed E-state index contributed by atoms with van der Waals surface area (Å²) < 4.78 is 5.37. The molecule has 0 aliphatic carbocycles. The highest BCUT2D eigenvalue weighted by Crippen LogP contribution is 2.30. The van der Waals surface area contributed by atoms with Crippen molar-refractivity contribution in [3.05, 3.63) is 39.9 Å². The zero-order valence-electron chi connectivity index (χ0n) is 15.0. The number of amides is 1. The fourth-order valence-electron chi connectivity index (χ4n) is 3.07. The Morgan fingerprint density at radius 1 is 1.28 bits per heavy atom. The Morgan fingerprint density at radius 3 is 2.48 bits per heavy atom. The molecule has 1 aliphatic heterocycles. The molecule has 136 valence electrons. The van der Waals surface area contributed by atoms with Gasteiger partial charge in [0.15, 0.2) is 5.78 Å². The van der Waals surface area contributed by atoms with Crippen LogP contribution in [0.25, 0.3) is 0 Å². The van der Waals surface area contributed by atoms with E-state index < -0.39 is 16.6 Å². The molecule has 1 fully saturated rings. The van der Waals surface area contributed by atoms with Crippen LogP contribution >= 0.6 is 0 Å². The average Bonchev–Trinajstić information content (AvgIpc) is 2.52. The maximum Gasteiger partial charge on any atom is 0.410 e. The quantitative estimate of drug-likeness (QED) is 0.472. The minimum Gasteiger partial charge on any atom is -0.444 e. The molecule has 0 N–H and O–H groups in total. The number of para-hydroxylation sites is 1. The van der Waals surface area contributed by atoms with Gasteiger partial charge < -0.3 is 9.64 Å². The molecule has 0 saturated carbocycles. The third kappa shape index (κ3) is 4.55. The summed E-state index contributed by atoms with van der Waals surface area (Å²) in [4.78, 5) is 37.2. The van der Waals surface area contributed by atoms with E-state index in [4.69, 9.17) is 4.74 Å². The molecule has 0 bridgehead atoms. The second kappa shape index (κ2) is 7.21. The van der Waals surface area contributed by atoms with Gasteiger partial charge in [0, 0.05) is 25.1 Å². The van der Waals surface area contributed by atoms with Crippen molar-refractivity contribution in [3.63, 3.8) is 0 Å². The second-order valence-corrected chi connectivity index (χ2v) is 7.44. The van der Waals surface area contributed by atoms with Crippen molar-refractivity contribution in [2.24, 2.45) is 11.8 Å². The van der Waals surface area contributed by atoms with Gasteiger partial charge in [-0.2, -0.15) is 0 Å². The van der Waals surface area contributed by atoms with Gasteiger partial charge in [-0.25, -0.2) is 4.79 Å². The highest BCUT2D eigenvalue weighted by atomic mass is 16.6. The number of carbonyl (C=O) groups excluding carboxylic acids is 2. The molecule has 1 aliphatic rings. The van der Waals surface area contributed by atoms with Gasteiger partial charge in [-0.3, -0.25) is 14.9 Å². The van der Waals surface area contributed by atoms with Gasteiger partial charge in [-0.05, 0) is 39.2 Å². The summed E-state index contributed by atoms with van der Waals surface area (Å²) in [5.74, 6) is -0.683. The molecule has 2 atom stereocenters. The fraction of sp³-hybridized carbons (Fsp3) is 0.556. The topological polar surface area (TPSA) is 89.8 Å². The molecule has 0 aromatic heterocycles. The number of carbonyl (C=O) groups is 2. The molecule has 0 radical (unpaired) electrons. The third-order valence-electron chi connectivity index (χ3n) is 4.26. The van der Waals surface area contributed by atoms with Crippen molar-refractivity contribution in [1.29, 1.82) is 0 Å². The number of nitro benzene ring substituents is 1. The van der Waals surface area contributed by atoms with Crippen LogP contribution in [0.4, 0.5) is 10.5 Å². The van der Waals surface area contributed by atoms with Gasteiger partial charge in [0.05, 0.1) is 10.5 Å². The average molecular weight is 348 g/mol. The lowest BCUT2D eigenvalue weighted by molar-refractivity contribution is -0.385. The Balaban J connectivity index is 2.10. The number of rotatable bonds is 3. The lowest BCUT2D eigenvalue weighted by Gasteiger charge is -2.36. The summed E-state index contributed by atoms with van der Waals surface area (Å²) in [5, 5.41) is 11.1. The zero-order valence-corrected chi connectivity index (χ0v) is 15.0. The molecule has 1 amide bonds. The van der Waals surface area contributed by atoms with Gasteiger partial charge in [-0.1, -0.05) is 19.1 Å². The number of nitro groups is 1. The van der Waals surface area contributed by atoms with E-state index in [0.29, 0.717) is 19.5 Å². The fourth-order valence-corrected chi connectivity index (χ4v) is 3.07. The van der Waals surface area contributed by atoms with Crippen molar-refractivity contribution in [3.8, 4) is 0 Å². The van der Waals surface area contributed by atoms with E-state index in [9.17, 15) is 19.7 Å². The Kier molecular flexibility index (Phi) is 5.45. The predicted octanol–water partition coefficient (Wildman–Crippen LogP) is 3.67. The molecule has 0 spiro atoms. The first-order valence-electron chi connectivity index (χ1n) is 8.35. The molecule has 1 heterocycles. The molecule has 1 saturated heterocycles. The number of hydrogen-bond acceptors (Lipinski definition) is 5. The lowest BCUT2D eigenvalue weighted by atomic mass is 9.81. The Hall–Kier alpha value is -2.44. The van der Waals surface area contributed by atoms with E-state index in [2.05, 4.69) is 0 Å². The molecule has 2 unspecified atom stereocenters. The largest absolute Gasteiger partial charge is 0.444 e. The van der Waals surface area contributed by atoms with Crippen molar-refractivity contribution in [2.75, 3.05) is 13.1 Å². The number of ether oxygens (including phenoxy) is 1. The smallest absolute Gasteiger partial charge is 0.410 e. The summed E-state index contributed by atoms with van der Waals surface area (Å²) in [6, 6.07) is 6.01. The number of piperidine rings is 1. The summed E-state index contributed by atoms with van der Waals surface area (Å²) in [6.45, 7) is 8.09. The van der Waals surface area contributed by atoms with Crippen LogP contribution in [0.1, 0.15) is 44.5 Å². The molecular formula is C18H24N2O5. The number of Topliss-reactive ketones (excluding diaryl/α,β-unsaturated/α-hetero) is 1. The summed E-state index contributed by atoms with van der Waals surface area (Å²) in [6.07, 6.45) is 0.0709. The Morgan fingerprint density at radius 2 is 1.92 bits per heavy atom. The second-order valence-electron chi connectivity index (χ2n) is 7.44.